The Morgan fingerprint density at radius 2 is 2.00 bits per heavy atom. The van der Waals surface area contributed by atoms with Gasteiger partial charge in [-0.05, 0) is 44.0 Å². The van der Waals surface area contributed by atoms with Gasteiger partial charge in [0.2, 0.25) is 5.91 Å². The molecule has 118 valence electrons. The molecule has 0 heterocycles. The predicted octanol–water partition coefficient (Wildman–Crippen LogP) is 3.83. The zero-order valence-electron chi connectivity index (χ0n) is 13.6. The minimum Gasteiger partial charge on any atom is -0.508 e. The maximum atomic E-state index is 11.6. The van der Waals surface area contributed by atoms with Crippen molar-refractivity contribution in [1.82, 2.24) is 5.32 Å². The Bertz CT molecular complexity index is 460. The fraction of sp³-hybridized carbons (Fsp3) is 0.588. The van der Waals surface area contributed by atoms with Crippen molar-refractivity contribution in [3.63, 3.8) is 0 Å². The van der Waals surface area contributed by atoms with E-state index in [0.29, 0.717) is 12.3 Å². The first-order valence-electron chi connectivity index (χ1n) is 7.84. The van der Waals surface area contributed by atoms with Gasteiger partial charge >= 0.3 is 0 Å². The zero-order chi connectivity index (χ0) is 15.8. The van der Waals surface area contributed by atoms with E-state index in [9.17, 15) is 9.90 Å². The molecule has 2 unspecified atom stereocenters. The number of anilines is 1. The molecule has 4 nitrogen and oxygen atoms in total. The van der Waals surface area contributed by atoms with E-state index in [1.165, 1.54) is 0 Å². The van der Waals surface area contributed by atoms with Gasteiger partial charge in [-0.2, -0.15) is 0 Å². The summed E-state index contributed by atoms with van der Waals surface area (Å²) >= 11 is 0. The van der Waals surface area contributed by atoms with E-state index in [1.54, 1.807) is 12.1 Å². The van der Waals surface area contributed by atoms with Crippen LogP contribution in [-0.4, -0.2) is 17.6 Å². The molecule has 4 heteroatoms. The number of carbonyl (C=O) groups is 1. The lowest BCUT2D eigenvalue weighted by Gasteiger charge is -2.19. The number of rotatable bonds is 8. The van der Waals surface area contributed by atoms with Gasteiger partial charge in [0.25, 0.3) is 0 Å². The fourth-order valence-electron chi connectivity index (χ4n) is 2.06. The van der Waals surface area contributed by atoms with Crippen LogP contribution >= 0.6 is 0 Å². The molecule has 1 amide bonds. The molecule has 1 rings (SSSR count). The summed E-state index contributed by atoms with van der Waals surface area (Å²) in [6.45, 7) is 9.26. The summed E-state index contributed by atoms with van der Waals surface area (Å²) in [5.74, 6) is 0.865. The van der Waals surface area contributed by atoms with Crippen LogP contribution in [0.25, 0.3) is 0 Å². The quantitative estimate of drug-likeness (QED) is 0.638. The molecular weight excluding hydrogens is 264 g/mol. The van der Waals surface area contributed by atoms with Gasteiger partial charge < -0.3 is 15.7 Å². The number of carbonyl (C=O) groups excluding carboxylic acids is 1. The highest BCUT2D eigenvalue weighted by atomic mass is 16.3. The van der Waals surface area contributed by atoms with E-state index >= 15 is 0 Å². The third-order valence-corrected chi connectivity index (χ3v) is 3.72. The fourth-order valence-corrected chi connectivity index (χ4v) is 2.06. The molecule has 0 aliphatic heterocycles. The van der Waals surface area contributed by atoms with Crippen LogP contribution in [0.15, 0.2) is 18.2 Å². The Balaban J connectivity index is 2.74. The number of nitrogens with one attached hydrogen (secondary N) is 2. The largest absolute Gasteiger partial charge is 0.508 e. The standard InChI is InChI=1S/C17H28N2O2/c1-5-7-17(21)19-14-8-9-16(20)15(10-14)13(4)18-11-12(3)6-2/h8-10,12-13,18,20H,5-7,11H2,1-4H3,(H,19,21). The van der Waals surface area contributed by atoms with E-state index in [2.05, 4.69) is 24.5 Å². The summed E-state index contributed by atoms with van der Waals surface area (Å²) in [5.41, 5.74) is 1.55. The number of hydrogen-bond donors (Lipinski definition) is 3. The number of phenolic OH excluding ortho intramolecular Hbond substituents is 1. The monoisotopic (exact) mass is 292 g/mol. The topological polar surface area (TPSA) is 61.4 Å². The first kappa shape index (κ1) is 17.5. The van der Waals surface area contributed by atoms with Gasteiger partial charge in [0.15, 0.2) is 0 Å². The minimum atomic E-state index is 0.00866. The van der Waals surface area contributed by atoms with Crippen molar-refractivity contribution in [2.24, 2.45) is 5.92 Å². The third-order valence-electron chi connectivity index (χ3n) is 3.72. The van der Waals surface area contributed by atoms with Gasteiger partial charge in [-0.15, -0.1) is 0 Å². The molecule has 0 spiro atoms. The Kier molecular flexibility index (Phi) is 7.23. The van der Waals surface area contributed by atoms with Gasteiger partial charge in [-0.25, -0.2) is 0 Å². The van der Waals surface area contributed by atoms with E-state index in [0.717, 1.165) is 30.6 Å². The molecular formula is C17H28N2O2. The van der Waals surface area contributed by atoms with Crippen LogP contribution in [0.3, 0.4) is 0 Å². The molecule has 3 N–H and O–H groups in total. The van der Waals surface area contributed by atoms with Crippen LogP contribution in [-0.2, 0) is 4.79 Å². The number of benzene rings is 1. The molecule has 1 aromatic carbocycles. The predicted molar refractivity (Wildman–Crippen MR) is 87.5 cm³/mol. The molecule has 0 bridgehead atoms. The van der Waals surface area contributed by atoms with Crippen LogP contribution in [0.1, 0.15) is 58.6 Å². The van der Waals surface area contributed by atoms with Crippen molar-refractivity contribution in [2.75, 3.05) is 11.9 Å². The second kappa shape index (κ2) is 8.67. The van der Waals surface area contributed by atoms with Crippen LogP contribution in [0.4, 0.5) is 5.69 Å². The molecule has 0 radical (unpaired) electrons. The van der Waals surface area contributed by atoms with E-state index in [4.69, 9.17) is 0 Å². The maximum Gasteiger partial charge on any atom is 0.224 e. The first-order chi connectivity index (χ1) is 9.97. The Morgan fingerprint density at radius 1 is 1.29 bits per heavy atom. The molecule has 0 saturated carbocycles. The highest BCUT2D eigenvalue weighted by Gasteiger charge is 2.12. The molecule has 2 atom stereocenters. The SMILES string of the molecule is CCCC(=O)Nc1ccc(O)c(C(C)NCC(C)CC)c1. The van der Waals surface area contributed by atoms with Gasteiger partial charge in [0, 0.05) is 23.7 Å². The molecule has 0 aromatic heterocycles. The average molecular weight is 292 g/mol. The molecule has 0 aliphatic rings. The third kappa shape index (κ3) is 5.76. The summed E-state index contributed by atoms with van der Waals surface area (Å²) in [6.07, 6.45) is 2.46. The van der Waals surface area contributed by atoms with E-state index in [1.807, 2.05) is 19.9 Å². The molecule has 21 heavy (non-hydrogen) atoms. The van der Waals surface area contributed by atoms with Crippen molar-refractivity contribution in [3.05, 3.63) is 23.8 Å². The highest BCUT2D eigenvalue weighted by Crippen LogP contribution is 2.27. The number of phenols is 1. The van der Waals surface area contributed by atoms with Crippen LogP contribution < -0.4 is 10.6 Å². The van der Waals surface area contributed by atoms with Crippen LogP contribution in [0.2, 0.25) is 0 Å². The van der Waals surface area contributed by atoms with Crippen molar-refractivity contribution >= 4 is 11.6 Å². The molecule has 0 fully saturated rings. The second-order valence-corrected chi connectivity index (χ2v) is 5.72. The number of hydrogen-bond acceptors (Lipinski definition) is 3. The maximum absolute atomic E-state index is 11.6. The lowest BCUT2D eigenvalue weighted by atomic mass is 10.0. The van der Waals surface area contributed by atoms with Crippen molar-refractivity contribution in [2.45, 2.75) is 53.0 Å². The summed E-state index contributed by atoms with van der Waals surface area (Å²) < 4.78 is 0. The van der Waals surface area contributed by atoms with Crippen LogP contribution in [0, 0.1) is 5.92 Å². The summed E-state index contributed by atoms with van der Waals surface area (Å²) in [6, 6.07) is 5.26. The number of aromatic hydroxyl groups is 1. The average Bonchev–Trinajstić information content (AvgIpc) is 2.46. The summed E-state index contributed by atoms with van der Waals surface area (Å²) in [4.78, 5) is 11.6. The number of amides is 1. The molecule has 0 saturated heterocycles. The van der Waals surface area contributed by atoms with Gasteiger partial charge in [-0.1, -0.05) is 27.2 Å². The second-order valence-electron chi connectivity index (χ2n) is 5.72. The minimum absolute atomic E-state index is 0.00866. The Morgan fingerprint density at radius 3 is 2.62 bits per heavy atom. The molecule has 0 aliphatic carbocycles. The van der Waals surface area contributed by atoms with E-state index < -0.39 is 0 Å². The normalized spacial score (nSPS) is 13.7. The Labute approximate surface area is 128 Å². The molecule has 1 aromatic rings. The smallest absolute Gasteiger partial charge is 0.224 e. The van der Waals surface area contributed by atoms with Gasteiger partial charge in [0.1, 0.15) is 5.75 Å². The summed E-state index contributed by atoms with van der Waals surface area (Å²) in [5, 5.41) is 16.3. The Hall–Kier alpha value is -1.55. The first-order valence-corrected chi connectivity index (χ1v) is 7.84. The highest BCUT2D eigenvalue weighted by molar-refractivity contribution is 5.90. The van der Waals surface area contributed by atoms with Gasteiger partial charge in [-0.3, -0.25) is 4.79 Å². The van der Waals surface area contributed by atoms with Gasteiger partial charge in [0.05, 0.1) is 0 Å². The van der Waals surface area contributed by atoms with Crippen LogP contribution in [0.5, 0.6) is 5.75 Å². The summed E-state index contributed by atoms with van der Waals surface area (Å²) in [7, 11) is 0. The van der Waals surface area contributed by atoms with E-state index in [-0.39, 0.29) is 17.7 Å². The van der Waals surface area contributed by atoms with Crippen molar-refractivity contribution < 1.29 is 9.90 Å². The lowest BCUT2D eigenvalue weighted by molar-refractivity contribution is -0.116. The van der Waals surface area contributed by atoms with Crippen molar-refractivity contribution in [3.8, 4) is 5.75 Å². The zero-order valence-corrected chi connectivity index (χ0v) is 13.6. The lowest BCUT2D eigenvalue weighted by Crippen LogP contribution is -2.24. The van der Waals surface area contributed by atoms with Crippen molar-refractivity contribution in [1.29, 1.82) is 0 Å².